The molecule has 29 heavy (non-hydrogen) atoms. The van der Waals surface area contributed by atoms with Gasteiger partial charge in [0.05, 0.1) is 10.7 Å². The number of nitrogens with zero attached hydrogens (tertiary/aromatic N) is 2. The monoisotopic (exact) mass is 415 g/mol. The van der Waals surface area contributed by atoms with Crippen LogP contribution >= 0.6 is 11.8 Å². The van der Waals surface area contributed by atoms with Crippen molar-refractivity contribution < 1.29 is 14.5 Å². The van der Waals surface area contributed by atoms with Crippen LogP contribution in [0.5, 0.6) is 0 Å². The minimum atomic E-state index is -0.590. The largest absolute Gasteiger partial charge is 0.357 e. The number of hydrogen-bond donors (Lipinski definition) is 1. The normalized spacial score (nSPS) is 11.6. The van der Waals surface area contributed by atoms with Gasteiger partial charge in [0, 0.05) is 31.5 Å². The number of thioether (sulfide) groups is 1. The van der Waals surface area contributed by atoms with Gasteiger partial charge in [-0.15, -0.1) is 11.8 Å². The first-order valence-corrected chi connectivity index (χ1v) is 10.3. The number of benzene rings is 2. The third-order valence-corrected chi connectivity index (χ3v) is 5.48. The molecule has 0 aliphatic carbocycles. The summed E-state index contributed by atoms with van der Waals surface area (Å²) in [7, 11) is 1.55. The van der Waals surface area contributed by atoms with Crippen LogP contribution in [0.15, 0.2) is 48.5 Å². The Kier molecular flexibility index (Phi) is 8.21. The second kappa shape index (κ2) is 10.6. The van der Waals surface area contributed by atoms with E-state index < -0.39 is 11.0 Å². The van der Waals surface area contributed by atoms with Crippen molar-refractivity contribution in [1.82, 2.24) is 10.2 Å². The lowest BCUT2D eigenvalue weighted by Gasteiger charge is -2.28. The average molecular weight is 416 g/mol. The van der Waals surface area contributed by atoms with Gasteiger partial charge >= 0.3 is 0 Å². The summed E-state index contributed by atoms with van der Waals surface area (Å²) in [6.07, 6.45) is 0. The summed E-state index contributed by atoms with van der Waals surface area (Å²) in [6.45, 7) is 4.05. The predicted octanol–water partition coefficient (Wildman–Crippen LogP) is 3.30. The zero-order valence-corrected chi connectivity index (χ0v) is 17.6. The molecule has 2 aromatic rings. The molecule has 0 aromatic heterocycles. The lowest BCUT2D eigenvalue weighted by atomic mass is 10.1. The van der Waals surface area contributed by atoms with Gasteiger partial charge in [-0.3, -0.25) is 19.7 Å². The summed E-state index contributed by atoms with van der Waals surface area (Å²) in [4.78, 5) is 36.9. The molecule has 2 amide bonds. The zero-order valence-electron chi connectivity index (χ0n) is 16.8. The maximum absolute atomic E-state index is 12.9. The number of nitrogens with one attached hydrogen (secondary N) is 1. The number of carbonyl (C=O) groups is 2. The number of nitro benzene ring substituents is 1. The van der Waals surface area contributed by atoms with E-state index in [0.29, 0.717) is 12.3 Å². The van der Waals surface area contributed by atoms with Gasteiger partial charge in [-0.2, -0.15) is 0 Å². The van der Waals surface area contributed by atoms with Crippen molar-refractivity contribution in [2.45, 2.75) is 32.2 Å². The van der Waals surface area contributed by atoms with Gasteiger partial charge in [0.25, 0.3) is 5.69 Å². The van der Waals surface area contributed by atoms with Gasteiger partial charge in [-0.05, 0) is 25.0 Å². The number of likely N-dealkylation sites (N-methyl/N-ethyl adjacent to an activating group) is 1. The molecule has 2 aromatic carbocycles. The van der Waals surface area contributed by atoms with Crippen LogP contribution in [0.4, 0.5) is 5.69 Å². The van der Waals surface area contributed by atoms with E-state index in [4.69, 9.17) is 0 Å². The van der Waals surface area contributed by atoms with Gasteiger partial charge in [0.1, 0.15) is 6.04 Å². The Hall–Kier alpha value is -2.87. The third kappa shape index (κ3) is 6.60. The summed E-state index contributed by atoms with van der Waals surface area (Å²) in [5.41, 5.74) is 3.00. The summed E-state index contributed by atoms with van der Waals surface area (Å²) in [5, 5.41) is 13.3. The summed E-state index contributed by atoms with van der Waals surface area (Å²) in [5.74, 6) is 0.418. The van der Waals surface area contributed by atoms with E-state index in [9.17, 15) is 19.7 Å². The fourth-order valence-corrected chi connectivity index (χ4v) is 3.72. The van der Waals surface area contributed by atoms with E-state index in [1.165, 1.54) is 23.9 Å². The Bertz CT molecular complexity index is 870. The lowest BCUT2D eigenvalue weighted by Crippen LogP contribution is -2.47. The van der Waals surface area contributed by atoms with Crippen molar-refractivity contribution in [3.8, 4) is 0 Å². The topological polar surface area (TPSA) is 92.6 Å². The molecule has 7 nitrogen and oxygen atoms in total. The lowest BCUT2D eigenvalue weighted by molar-refractivity contribution is -0.384. The van der Waals surface area contributed by atoms with Gasteiger partial charge in [-0.1, -0.05) is 42.0 Å². The molecule has 0 unspecified atom stereocenters. The number of aryl methyl sites for hydroxylation is 1. The van der Waals surface area contributed by atoms with Crippen LogP contribution in [0.1, 0.15) is 23.6 Å². The van der Waals surface area contributed by atoms with E-state index in [0.717, 1.165) is 16.7 Å². The molecule has 8 heteroatoms. The van der Waals surface area contributed by atoms with E-state index >= 15 is 0 Å². The number of nitro groups is 1. The number of carbonyl (C=O) groups excluding carboxylic acids is 2. The molecule has 0 spiro atoms. The highest BCUT2D eigenvalue weighted by Crippen LogP contribution is 2.18. The molecule has 0 aliphatic rings. The average Bonchev–Trinajstić information content (AvgIpc) is 2.71. The summed E-state index contributed by atoms with van der Waals surface area (Å²) in [6, 6.07) is 13.5. The van der Waals surface area contributed by atoms with Crippen LogP contribution in [0.25, 0.3) is 0 Å². The smallest absolute Gasteiger partial charge is 0.269 e. The molecular weight excluding hydrogens is 390 g/mol. The van der Waals surface area contributed by atoms with E-state index in [1.54, 1.807) is 31.0 Å². The molecule has 0 saturated heterocycles. The molecule has 0 radical (unpaired) electrons. The Labute approximate surface area is 174 Å². The third-order valence-electron chi connectivity index (χ3n) is 4.49. The SMILES string of the molecule is CNC(=O)[C@H](C)N(Cc1cccc(C)c1)C(=O)CSCc1ccc([N+](=O)[O-])cc1. The van der Waals surface area contributed by atoms with Crippen LogP contribution in [-0.2, 0) is 21.9 Å². The molecule has 0 saturated carbocycles. The summed E-state index contributed by atoms with van der Waals surface area (Å²) < 4.78 is 0. The quantitative estimate of drug-likeness (QED) is 0.501. The number of hydrogen-bond acceptors (Lipinski definition) is 5. The standard InChI is InChI=1S/C21H25N3O4S/c1-15-5-4-6-18(11-15)12-23(16(2)21(26)22-3)20(25)14-29-13-17-7-9-19(10-8-17)24(27)28/h4-11,16H,12-14H2,1-3H3,(H,22,26)/t16-/m0/s1. The molecule has 0 heterocycles. The van der Waals surface area contributed by atoms with Crippen molar-refractivity contribution in [2.24, 2.45) is 0 Å². The molecule has 0 bridgehead atoms. The fourth-order valence-electron chi connectivity index (χ4n) is 2.85. The van der Waals surface area contributed by atoms with E-state index in [2.05, 4.69) is 5.32 Å². The number of rotatable bonds is 9. The molecule has 2 rings (SSSR count). The first kappa shape index (κ1) is 22.4. The summed E-state index contributed by atoms with van der Waals surface area (Å²) >= 11 is 1.41. The number of non-ortho nitro benzene ring substituents is 1. The van der Waals surface area contributed by atoms with Gasteiger partial charge in [0.15, 0.2) is 0 Å². The van der Waals surface area contributed by atoms with Crippen molar-refractivity contribution >= 4 is 29.3 Å². The van der Waals surface area contributed by atoms with Crippen LogP contribution in [0.2, 0.25) is 0 Å². The van der Waals surface area contributed by atoms with Crippen molar-refractivity contribution in [2.75, 3.05) is 12.8 Å². The van der Waals surface area contributed by atoms with Crippen LogP contribution in [-0.4, -0.2) is 40.5 Å². The van der Waals surface area contributed by atoms with Crippen LogP contribution in [0, 0.1) is 17.0 Å². The highest BCUT2D eigenvalue weighted by molar-refractivity contribution is 7.99. The molecule has 154 valence electrons. The highest BCUT2D eigenvalue weighted by Gasteiger charge is 2.25. The Morgan fingerprint density at radius 3 is 2.45 bits per heavy atom. The second-order valence-corrected chi connectivity index (χ2v) is 7.70. The van der Waals surface area contributed by atoms with Crippen LogP contribution in [0.3, 0.4) is 0 Å². The minimum absolute atomic E-state index is 0.0403. The fraction of sp³-hybridized carbons (Fsp3) is 0.333. The van der Waals surface area contributed by atoms with E-state index in [-0.39, 0.29) is 23.3 Å². The number of amides is 2. The highest BCUT2D eigenvalue weighted by atomic mass is 32.2. The Balaban J connectivity index is 2.02. The Morgan fingerprint density at radius 2 is 1.86 bits per heavy atom. The first-order valence-electron chi connectivity index (χ1n) is 9.19. The minimum Gasteiger partial charge on any atom is -0.357 e. The molecule has 0 aliphatic heterocycles. The van der Waals surface area contributed by atoms with Gasteiger partial charge in [-0.25, -0.2) is 0 Å². The maximum Gasteiger partial charge on any atom is 0.269 e. The van der Waals surface area contributed by atoms with Crippen molar-refractivity contribution in [3.05, 3.63) is 75.3 Å². The second-order valence-electron chi connectivity index (χ2n) is 6.72. The van der Waals surface area contributed by atoms with Crippen molar-refractivity contribution in [3.63, 3.8) is 0 Å². The predicted molar refractivity (Wildman–Crippen MR) is 115 cm³/mol. The van der Waals surface area contributed by atoms with Gasteiger partial charge in [0.2, 0.25) is 11.8 Å². The molecule has 1 atom stereocenters. The van der Waals surface area contributed by atoms with Crippen molar-refractivity contribution in [1.29, 1.82) is 0 Å². The molecular formula is C21H25N3O4S. The zero-order chi connectivity index (χ0) is 21.4. The van der Waals surface area contributed by atoms with Crippen LogP contribution < -0.4 is 5.32 Å². The maximum atomic E-state index is 12.9. The molecule has 0 fully saturated rings. The molecule has 1 N–H and O–H groups in total. The van der Waals surface area contributed by atoms with Gasteiger partial charge < -0.3 is 10.2 Å². The Morgan fingerprint density at radius 1 is 1.17 bits per heavy atom. The first-order chi connectivity index (χ1) is 13.8. The van der Waals surface area contributed by atoms with E-state index in [1.807, 2.05) is 31.2 Å².